The maximum absolute atomic E-state index is 13.1. The predicted octanol–water partition coefficient (Wildman–Crippen LogP) is 6.25. The van der Waals surface area contributed by atoms with Gasteiger partial charge in [-0.2, -0.15) is 10.2 Å². The summed E-state index contributed by atoms with van der Waals surface area (Å²) in [6, 6.07) is 15.2. The lowest BCUT2D eigenvalue weighted by Gasteiger charge is -2.44. The summed E-state index contributed by atoms with van der Waals surface area (Å²) in [5.41, 5.74) is 4.10. The second-order valence-corrected chi connectivity index (χ2v) is 15.6. The van der Waals surface area contributed by atoms with Crippen LogP contribution >= 0.6 is 0 Å². The summed E-state index contributed by atoms with van der Waals surface area (Å²) in [4.78, 5) is 27.7. The summed E-state index contributed by atoms with van der Waals surface area (Å²) in [6.07, 6.45) is 13.0. The molecule has 0 radical (unpaired) electrons. The van der Waals surface area contributed by atoms with Gasteiger partial charge < -0.3 is 24.2 Å². The lowest BCUT2D eigenvalue weighted by molar-refractivity contribution is 0.0209. The zero-order chi connectivity index (χ0) is 33.9. The van der Waals surface area contributed by atoms with Crippen LogP contribution in [0.15, 0.2) is 36.4 Å². The molecule has 2 aromatic carbocycles. The number of anilines is 2. The normalized spacial score (nSPS) is 22.8. The molecule has 49 heavy (non-hydrogen) atoms. The number of fused-ring (bicyclic) bond motifs is 5. The second-order valence-electron chi connectivity index (χ2n) is 15.6. The van der Waals surface area contributed by atoms with Gasteiger partial charge in [-0.05, 0) is 96.3 Å². The van der Waals surface area contributed by atoms with Crippen molar-refractivity contribution in [1.29, 1.82) is 5.26 Å². The molecule has 4 fully saturated rings. The average Bonchev–Trinajstić information content (AvgIpc) is 3.75. The second kappa shape index (κ2) is 12.1. The highest BCUT2D eigenvalue weighted by atomic mass is 16.6. The first-order valence-corrected chi connectivity index (χ1v) is 18.0. The third kappa shape index (κ3) is 5.53. The van der Waals surface area contributed by atoms with Gasteiger partial charge in [-0.3, -0.25) is 4.90 Å². The van der Waals surface area contributed by atoms with E-state index in [1.54, 1.807) is 0 Å². The van der Waals surface area contributed by atoms with E-state index in [0.29, 0.717) is 37.7 Å². The van der Waals surface area contributed by atoms with E-state index in [0.717, 1.165) is 90.7 Å². The van der Waals surface area contributed by atoms with Gasteiger partial charge in [0.2, 0.25) is 5.88 Å². The zero-order valence-electron chi connectivity index (χ0n) is 29.0. The molecule has 254 valence electrons. The Labute approximate surface area is 289 Å². The van der Waals surface area contributed by atoms with E-state index in [4.69, 9.17) is 20.9 Å². The number of nitriles is 1. The minimum Gasteiger partial charge on any atom is -0.475 e. The van der Waals surface area contributed by atoms with Gasteiger partial charge in [0.15, 0.2) is 0 Å². The van der Waals surface area contributed by atoms with Gasteiger partial charge in [-0.15, -0.1) is 6.42 Å². The molecule has 4 saturated heterocycles. The Morgan fingerprint density at radius 2 is 1.76 bits per heavy atom. The molecule has 5 aliphatic heterocycles. The summed E-state index contributed by atoms with van der Waals surface area (Å²) in [6.45, 7) is 11.0. The Balaban J connectivity index is 1.18. The molecule has 0 saturated carbocycles. The zero-order valence-corrected chi connectivity index (χ0v) is 29.0. The maximum atomic E-state index is 13.1. The van der Waals surface area contributed by atoms with Crippen molar-refractivity contribution in [1.82, 2.24) is 14.8 Å². The molecule has 0 aliphatic carbocycles. The van der Waals surface area contributed by atoms with Crippen molar-refractivity contribution >= 4 is 28.4 Å². The number of pyridine rings is 1. The Morgan fingerprint density at radius 3 is 2.43 bits per heavy atom. The molecular formula is C40H46N6O3. The summed E-state index contributed by atoms with van der Waals surface area (Å²) >= 11 is 0. The van der Waals surface area contributed by atoms with Crippen molar-refractivity contribution in [3.05, 3.63) is 58.7 Å². The molecule has 1 amide bonds. The van der Waals surface area contributed by atoms with Gasteiger partial charge in [0.25, 0.3) is 0 Å². The number of carbonyl (C=O) groups is 1. The third-order valence-electron chi connectivity index (χ3n) is 11.5. The van der Waals surface area contributed by atoms with E-state index < -0.39 is 5.60 Å². The Hall–Kier alpha value is -4.47. The number of rotatable bonds is 5. The van der Waals surface area contributed by atoms with Crippen LogP contribution in [0.5, 0.6) is 5.88 Å². The van der Waals surface area contributed by atoms with Gasteiger partial charge in [-0.1, -0.05) is 30.2 Å². The van der Waals surface area contributed by atoms with E-state index in [-0.39, 0.29) is 23.7 Å². The van der Waals surface area contributed by atoms with Gasteiger partial charge in [-0.25, -0.2) is 4.79 Å². The number of terminal acetylenes is 1. The van der Waals surface area contributed by atoms with E-state index in [9.17, 15) is 10.1 Å². The Kier molecular flexibility index (Phi) is 7.87. The first-order valence-electron chi connectivity index (χ1n) is 18.0. The number of ether oxygens (including phenoxy) is 2. The van der Waals surface area contributed by atoms with Gasteiger partial charge >= 0.3 is 6.09 Å². The molecule has 2 atom stereocenters. The highest BCUT2D eigenvalue weighted by molar-refractivity contribution is 5.99. The number of aromatic nitrogens is 1. The standard InChI is InChI=1S/C40H46N6O3/c1-5-27-10-6-11-28-12-7-13-34(35(27)28)43-21-16-31-33(25-43)32(22-41)37(48-26-40-17-8-19-45(40)20-9-18-40)42-36(31)46-29-14-15-30(46)24-44(23-29)38(47)49-39(2,3)4/h1,6-7,10-13,29-30H,8-9,14-21,23-26H2,2-4H3/t29-,30+. The predicted molar refractivity (Wildman–Crippen MR) is 191 cm³/mol. The lowest BCUT2D eigenvalue weighted by atomic mass is 9.93. The SMILES string of the molecule is C#Cc1cccc2cccc(N3CCc4c(N5[C@@H]6CC[C@H]5CN(C(=O)OC(C)(C)C)C6)nc(OCC56CCCN5CCC6)c(C#N)c4C3)c12. The van der Waals surface area contributed by atoms with Crippen LogP contribution in [0.3, 0.4) is 0 Å². The van der Waals surface area contributed by atoms with Crippen molar-refractivity contribution in [3.63, 3.8) is 0 Å². The van der Waals surface area contributed by atoms with Gasteiger partial charge in [0.1, 0.15) is 29.7 Å². The van der Waals surface area contributed by atoms with E-state index >= 15 is 0 Å². The summed E-state index contributed by atoms with van der Waals surface area (Å²) in [5.74, 6) is 4.27. The van der Waals surface area contributed by atoms with E-state index in [1.807, 2.05) is 37.8 Å². The summed E-state index contributed by atoms with van der Waals surface area (Å²) in [7, 11) is 0. The summed E-state index contributed by atoms with van der Waals surface area (Å²) < 4.78 is 12.5. The fourth-order valence-electron chi connectivity index (χ4n) is 9.32. The van der Waals surface area contributed by atoms with Crippen LogP contribution in [-0.2, 0) is 17.7 Å². The molecular weight excluding hydrogens is 612 g/mol. The number of hydrogen-bond donors (Lipinski definition) is 0. The monoisotopic (exact) mass is 658 g/mol. The van der Waals surface area contributed by atoms with Crippen LogP contribution in [0.1, 0.15) is 81.5 Å². The lowest BCUT2D eigenvalue weighted by Crippen LogP contribution is -2.57. The van der Waals surface area contributed by atoms with Crippen LogP contribution in [0.4, 0.5) is 16.3 Å². The number of nitrogens with zero attached hydrogens (tertiary/aromatic N) is 6. The number of likely N-dealkylation sites (tertiary alicyclic amines) is 1. The quantitative estimate of drug-likeness (QED) is 0.298. The van der Waals surface area contributed by atoms with Gasteiger partial charge in [0, 0.05) is 66.0 Å². The Morgan fingerprint density at radius 1 is 1.04 bits per heavy atom. The smallest absolute Gasteiger partial charge is 0.410 e. The van der Waals surface area contributed by atoms with Crippen molar-refractivity contribution < 1.29 is 14.3 Å². The van der Waals surface area contributed by atoms with Crippen LogP contribution in [0, 0.1) is 23.7 Å². The molecule has 1 aromatic heterocycles. The number of carbonyl (C=O) groups excluding carboxylic acids is 1. The van der Waals surface area contributed by atoms with Gasteiger partial charge in [0.05, 0.1) is 5.54 Å². The molecule has 0 unspecified atom stereocenters. The highest BCUT2D eigenvalue weighted by Gasteiger charge is 2.47. The highest BCUT2D eigenvalue weighted by Crippen LogP contribution is 2.44. The molecule has 0 N–H and O–H groups in total. The summed E-state index contributed by atoms with van der Waals surface area (Å²) in [5, 5.41) is 12.9. The molecule has 9 heteroatoms. The fraction of sp³-hybridized carbons (Fsp3) is 0.525. The molecule has 9 nitrogen and oxygen atoms in total. The number of amides is 1. The Bertz CT molecular complexity index is 1860. The van der Waals surface area contributed by atoms with Crippen molar-refractivity contribution in [3.8, 4) is 24.3 Å². The molecule has 6 heterocycles. The third-order valence-corrected chi connectivity index (χ3v) is 11.5. The first kappa shape index (κ1) is 31.8. The van der Waals surface area contributed by atoms with Crippen molar-refractivity contribution in [2.75, 3.05) is 49.1 Å². The number of piperazine rings is 1. The molecule has 2 bridgehead atoms. The van der Waals surface area contributed by atoms with Crippen LogP contribution < -0.4 is 14.5 Å². The molecule has 8 rings (SSSR count). The largest absolute Gasteiger partial charge is 0.475 e. The van der Waals surface area contributed by atoms with Crippen LogP contribution in [0.2, 0.25) is 0 Å². The topological polar surface area (TPSA) is 85.2 Å². The average molecular weight is 659 g/mol. The minimum atomic E-state index is -0.544. The van der Waals surface area contributed by atoms with E-state index in [1.165, 1.54) is 12.8 Å². The number of hydrogen-bond acceptors (Lipinski definition) is 8. The number of benzene rings is 2. The van der Waals surface area contributed by atoms with Crippen LogP contribution in [0.25, 0.3) is 10.8 Å². The van der Waals surface area contributed by atoms with E-state index in [2.05, 4.69) is 51.0 Å². The first-order chi connectivity index (χ1) is 23.7. The maximum Gasteiger partial charge on any atom is 0.410 e. The molecule has 5 aliphatic rings. The minimum absolute atomic E-state index is 0.0309. The van der Waals surface area contributed by atoms with Crippen molar-refractivity contribution in [2.45, 2.75) is 95.5 Å². The van der Waals surface area contributed by atoms with Crippen LogP contribution in [-0.4, -0.2) is 83.4 Å². The van der Waals surface area contributed by atoms with Crippen molar-refractivity contribution in [2.24, 2.45) is 0 Å². The molecule has 0 spiro atoms. The molecule has 3 aromatic rings. The fourth-order valence-corrected chi connectivity index (χ4v) is 9.32.